The Balaban J connectivity index is 1.95. The third-order valence-electron chi connectivity index (χ3n) is 4.70. The zero-order chi connectivity index (χ0) is 18.3. The second-order valence-corrected chi connectivity index (χ2v) is 7.18. The summed E-state index contributed by atoms with van der Waals surface area (Å²) in [7, 11) is 1.68. The van der Waals surface area contributed by atoms with Crippen molar-refractivity contribution in [1.29, 1.82) is 0 Å². The Morgan fingerprint density at radius 3 is 2.72 bits per heavy atom. The summed E-state index contributed by atoms with van der Waals surface area (Å²) in [5.74, 6) is -0.846. The number of rotatable bonds is 8. The van der Waals surface area contributed by atoms with Crippen molar-refractivity contribution < 1.29 is 19.4 Å². The van der Waals surface area contributed by atoms with E-state index in [1.165, 1.54) is 0 Å². The summed E-state index contributed by atoms with van der Waals surface area (Å²) < 4.78 is 5.26. The van der Waals surface area contributed by atoms with E-state index in [0.29, 0.717) is 32.5 Å². The molecule has 138 valence electrons. The van der Waals surface area contributed by atoms with Crippen LogP contribution in [0.15, 0.2) is 30.3 Å². The highest BCUT2D eigenvalue weighted by molar-refractivity contribution is 5.75. The standard InChI is InChI=1S/C19H28N2O4/c1-19(14-25-2)10-11-21(13-19)18(24)20-16(8-9-17(22)23)12-15-6-4-3-5-7-15/h3-7,16H,8-14H2,1-2H3,(H,20,24)(H,22,23). The minimum atomic E-state index is -0.846. The molecule has 0 spiro atoms. The van der Waals surface area contributed by atoms with Crippen LogP contribution in [0.5, 0.6) is 0 Å². The van der Waals surface area contributed by atoms with Gasteiger partial charge in [0.15, 0.2) is 0 Å². The van der Waals surface area contributed by atoms with E-state index in [1.54, 1.807) is 12.0 Å². The number of ether oxygens (including phenoxy) is 1. The first-order valence-corrected chi connectivity index (χ1v) is 8.72. The molecule has 0 aliphatic carbocycles. The second kappa shape index (κ2) is 8.85. The fraction of sp³-hybridized carbons (Fsp3) is 0.579. The first-order valence-electron chi connectivity index (χ1n) is 8.72. The summed E-state index contributed by atoms with van der Waals surface area (Å²) in [6.07, 6.45) is 1.99. The largest absolute Gasteiger partial charge is 0.481 e. The molecule has 2 amide bonds. The summed E-state index contributed by atoms with van der Waals surface area (Å²) in [6, 6.07) is 9.50. The number of likely N-dealkylation sites (tertiary alicyclic amines) is 1. The zero-order valence-electron chi connectivity index (χ0n) is 15.0. The first-order chi connectivity index (χ1) is 11.9. The molecule has 2 unspecified atom stereocenters. The van der Waals surface area contributed by atoms with E-state index in [0.717, 1.165) is 12.0 Å². The second-order valence-electron chi connectivity index (χ2n) is 7.18. The van der Waals surface area contributed by atoms with E-state index in [9.17, 15) is 9.59 Å². The highest BCUT2D eigenvalue weighted by Gasteiger charge is 2.36. The number of urea groups is 1. The number of aliphatic carboxylic acids is 1. The number of nitrogens with one attached hydrogen (secondary N) is 1. The number of carboxylic acid groups (broad SMARTS) is 1. The zero-order valence-corrected chi connectivity index (χ0v) is 15.0. The molecule has 2 atom stereocenters. The van der Waals surface area contributed by atoms with Gasteiger partial charge in [-0.1, -0.05) is 37.3 Å². The van der Waals surface area contributed by atoms with Gasteiger partial charge in [0.2, 0.25) is 0 Å². The molecule has 0 saturated carbocycles. The molecule has 1 aromatic carbocycles. The van der Waals surface area contributed by atoms with Crippen LogP contribution < -0.4 is 5.32 Å². The fourth-order valence-electron chi connectivity index (χ4n) is 3.35. The number of carbonyl (C=O) groups is 2. The molecule has 1 aromatic rings. The molecule has 0 bridgehead atoms. The van der Waals surface area contributed by atoms with Gasteiger partial charge in [-0.05, 0) is 24.8 Å². The van der Waals surface area contributed by atoms with Crippen molar-refractivity contribution in [3.63, 3.8) is 0 Å². The monoisotopic (exact) mass is 348 g/mol. The van der Waals surface area contributed by atoms with Crippen LogP contribution >= 0.6 is 0 Å². The number of methoxy groups -OCH3 is 1. The number of carboxylic acids is 1. The lowest BCUT2D eigenvalue weighted by Crippen LogP contribution is -2.45. The molecule has 0 aromatic heterocycles. The third-order valence-corrected chi connectivity index (χ3v) is 4.70. The predicted molar refractivity (Wildman–Crippen MR) is 95.5 cm³/mol. The van der Waals surface area contributed by atoms with E-state index < -0.39 is 5.97 Å². The van der Waals surface area contributed by atoms with Gasteiger partial charge in [-0.2, -0.15) is 0 Å². The average Bonchev–Trinajstić information content (AvgIpc) is 2.96. The molecular formula is C19H28N2O4. The Labute approximate surface area is 149 Å². The van der Waals surface area contributed by atoms with Crippen molar-refractivity contribution >= 4 is 12.0 Å². The number of benzene rings is 1. The molecule has 6 nitrogen and oxygen atoms in total. The van der Waals surface area contributed by atoms with Gasteiger partial charge in [0, 0.05) is 38.1 Å². The minimum Gasteiger partial charge on any atom is -0.481 e. The Morgan fingerprint density at radius 1 is 1.36 bits per heavy atom. The van der Waals surface area contributed by atoms with E-state index in [4.69, 9.17) is 9.84 Å². The van der Waals surface area contributed by atoms with Crippen molar-refractivity contribution in [2.45, 2.75) is 38.6 Å². The van der Waals surface area contributed by atoms with Gasteiger partial charge in [0.1, 0.15) is 0 Å². The number of nitrogens with zero attached hydrogens (tertiary/aromatic N) is 1. The van der Waals surface area contributed by atoms with Crippen molar-refractivity contribution in [2.75, 3.05) is 26.8 Å². The predicted octanol–water partition coefficient (Wildman–Crippen LogP) is 2.53. The molecule has 0 radical (unpaired) electrons. The van der Waals surface area contributed by atoms with Gasteiger partial charge in [-0.3, -0.25) is 4.79 Å². The van der Waals surface area contributed by atoms with Gasteiger partial charge in [0.05, 0.1) is 6.61 Å². The lowest BCUT2D eigenvalue weighted by Gasteiger charge is -2.26. The maximum Gasteiger partial charge on any atom is 0.317 e. The Kier molecular flexibility index (Phi) is 6.82. The summed E-state index contributed by atoms with van der Waals surface area (Å²) in [4.78, 5) is 25.3. The van der Waals surface area contributed by atoms with Gasteiger partial charge in [-0.25, -0.2) is 4.79 Å². The van der Waals surface area contributed by atoms with Crippen molar-refractivity contribution in [1.82, 2.24) is 10.2 Å². The molecule has 1 aliphatic heterocycles. The first kappa shape index (κ1) is 19.2. The molecular weight excluding hydrogens is 320 g/mol. The molecule has 1 fully saturated rings. The van der Waals surface area contributed by atoms with Crippen molar-refractivity contribution in [2.24, 2.45) is 5.41 Å². The molecule has 1 heterocycles. The van der Waals surface area contributed by atoms with E-state index >= 15 is 0 Å². The molecule has 2 rings (SSSR count). The Bertz CT molecular complexity index is 578. The van der Waals surface area contributed by atoms with Crippen LogP contribution in [0.1, 0.15) is 31.7 Å². The molecule has 1 saturated heterocycles. The third kappa shape index (κ3) is 6.05. The lowest BCUT2D eigenvalue weighted by molar-refractivity contribution is -0.137. The van der Waals surface area contributed by atoms with Crippen molar-refractivity contribution in [3.05, 3.63) is 35.9 Å². The summed E-state index contributed by atoms with van der Waals surface area (Å²) in [6.45, 7) is 4.10. The van der Waals surface area contributed by atoms with Crippen LogP contribution in [0.3, 0.4) is 0 Å². The highest BCUT2D eigenvalue weighted by Crippen LogP contribution is 2.30. The van der Waals surface area contributed by atoms with Crippen LogP contribution in [0.4, 0.5) is 4.79 Å². The lowest BCUT2D eigenvalue weighted by atomic mass is 9.91. The quantitative estimate of drug-likeness (QED) is 0.757. The normalized spacial score (nSPS) is 21.1. The van der Waals surface area contributed by atoms with Crippen LogP contribution in [-0.2, 0) is 16.0 Å². The summed E-state index contributed by atoms with van der Waals surface area (Å²) >= 11 is 0. The number of carbonyl (C=O) groups excluding carboxylic acids is 1. The number of amides is 2. The molecule has 25 heavy (non-hydrogen) atoms. The van der Waals surface area contributed by atoms with Crippen LogP contribution in [0.2, 0.25) is 0 Å². The topological polar surface area (TPSA) is 78.9 Å². The van der Waals surface area contributed by atoms with Crippen LogP contribution in [0, 0.1) is 5.41 Å². The summed E-state index contributed by atoms with van der Waals surface area (Å²) in [5, 5.41) is 12.0. The molecule has 6 heteroatoms. The van der Waals surface area contributed by atoms with Gasteiger partial charge >= 0.3 is 12.0 Å². The Hall–Kier alpha value is -2.08. The summed E-state index contributed by atoms with van der Waals surface area (Å²) in [5.41, 5.74) is 1.08. The molecule has 2 N–H and O–H groups in total. The maximum atomic E-state index is 12.6. The van der Waals surface area contributed by atoms with Gasteiger partial charge < -0.3 is 20.1 Å². The van der Waals surface area contributed by atoms with E-state index in [2.05, 4.69) is 12.2 Å². The van der Waals surface area contributed by atoms with Crippen LogP contribution in [0.25, 0.3) is 0 Å². The fourth-order valence-corrected chi connectivity index (χ4v) is 3.35. The minimum absolute atomic E-state index is 0.0118. The maximum absolute atomic E-state index is 12.6. The molecule has 1 aliphatic rings. The number of hydrogen-bond donors (Lipinski definition) is 2. The van der Waals surface area contributed by atoms with Crippen LogP contribution in [-0.4, -0.2) is 54.9 Å². The van der Waals surface area contributed by atoms with E-state index in [-0.39, 0.29) is 23.9 Å². The van der Waals surface area contributed by atoms with Gasteiger partial charge in [-0.15, -0.1) is 0 Å². The average molecular weight is 348 g/mol. The highest BCUT2D eigenvalue weighted by atomic mass is 16.5. The SMILES string of the molecule is COCC1(C)CCN(C(=O)NC(CCC(=O)O)Cc2ccccc2)C1. The van der Waals surface area contributed by atoms with E-state index in [1.807, 2.05) is 30.3 Å². The Morgan fingerprint density at radius 2 is 2.08 bits per heavy atom. The smallest absolute Gasteiger partial charge is 0.317 e. The number of hydrogen-bond acceptors (Lipinski definition) is 3. The van der Waals surface area contributed by atoms with Gasteiger partial charge in [0.25, 0.3) is 0 Å². The van der Waals surface area contributed by atoms with Crippen molar-refractivity contribution in [3.8, 4) is 0 Å².